The Labute approximate surface area is 171 Å². The molecule has 0 fully saturated rings. The van der Waals surface area contributed by atoms with Crippen molar-refractivity contribution in [3.05, 3.63) is 88.2 Å². The average molecular weight is 397 g/mol. The SMILES string of the molecule is CCOc1cc(CNCc2cccnc2)cc(Cl)c1OCc1ccccc1C. The van der Waals surface area contributed by atoms with Gasteiger partial charge in [-0.3, -0.25) is 4.98 Å². The van der Waals surface area contributed by atoms with E-state index in [1.807, 2.05) is 49.5 Å². The topological polar surface area (TPSA) is 43.4 Å². The summed E-state index contributed by atoms with van der Waals surface area (Å²) in [6.45, 7) is 6.43. The van der Waals surface area contributed by atoms with Crippen molar-refractivity contribution in [3.63, 3.8) is 0 Å². The zero-order valence-electron chi connectivity index (χ0n) is 16.2. The highest BCUT2D eigenvalue weighted by Gasteiger charge is 2.13. The van der Waals surface area contributed by atoms with Crippen LogP contribution in [0.5, 0.6) is 11.5 Å². The molecule has 3 aromatic rings. The summed E-state index contributed by atoms with van der Waals surface area (Å²) >= 11 is 6.53. The van der Waals surface area contributed by atoms with Crippen LogP contribution in [0.2, 0.25) is 5.02 Å². The molecular weight excluding hydrogens is 372 g/mol. The summed E-state index contributed by atoms with van der Waals surface area (Å²) in [6, 6.07) is 16.0. The lowest BCUT2D eigenvalue weighted by Gasteiger charge is -2.16. The molecule has 0 saturated carbocycles. The quantitative estimate of drug-likeness (QED) is 0.532. The van der Waals surface area contributed by atoms with Gasteiger partial charge >= 0.3 is 0 Å². The van der Waals surface area contributed by atoms with Crippen molar-refractivity contribution < 1.29 is 9.47 Å². The van der Waals surface area contributed by atoms with Gasteiger partial charge in [0.05, 0.1) is 11.6 Å². The largest absolute Gasteiger partial charge is 0.490 e. The summed E-state index contributed by atoms with van der Waals surface area (Å²) in [5.41, 5.74) is 4.49. The molecule has 0 bridgehead atoms. The van der Waals surface area contributed by atoms with Crippen molar-refractivity contribution in [2.75, 3.05) is 6.61 Å². The monoisotopic (exact) mass is 396 g/mol. The van der Waals surface area contributed by atoms with Crippen LogP contribution in [0.3, 0.4) is 0 Å². The predicted molar refractivity (Wildman–Crippen MR) is 113 cm³/mol. The lowest BCUT2D eigenvalue weighted by Crippen LogP contribution is -2.13. The second-order valence-corrected chi connectivity index (χ2v) is 6.93. The molecule has 0 amide bonds. The summed E-state index contributed by atoms with van der Waals surface area (Å²) in [4.78, 5) is 4.13. The summed E-state index contributed by atoms with van der Waals surface area (Å²) in [6.07, 6.45) is 3.63. The van der Waals surface area contributed by atoms with E-state index >= 15 is 0 Å². The molecular formula is C23H25ClN2O2. The fourth-order valence-electron chi connectivity index (χ4n) is 2.90. The molecule has 1 aromatic heterocycles. The lowest BCUT2D eigenvalue weighted by molar-refractivity contribution is 0.268. The molecule has 0 atom stereocenters. The number of ether oxygens (including phenoxy) is 2. The summed E-state index contributed by atoms with van der Waals surface area (Å²) in [7, 11) is 0. The van der Waals surface area contributed by atoms with Crippen LogP contribution in [0, 0.1) is 6.92 Å². The highest BCUT2D eigenvalue weighted by atomic mass is 35.5. The molecule has 2 aromatic carbocycles. The van der Waals surface area contributed by atoms with Crippen LogP contribution < -0.4 is 14.8 Å². The fraction of sp³-hybridized carbons (Fsp3) is 0.261. The third-order valence-corrected chi connectivity index (χ3v) is 4.66. The molecule has 0 aliphatic carbocycles. The van der Waals surface area contributed by atoms with Crippen LogP contribution in [0.25, 0.3) is 0 Å². The minimum atomic E-state index is 0.449. The highest BCUT2D eigenvalue weighted by molar-refractivity contribution is 6.32. The Morgan fingerprint density at radius 2 is 1.82 bits per heavy atom. The highest BCUT2D eigenvalue weighted by Crippen LogP contribution is 2.37. The normalized spacial score (nSPS) is 10.7. The molecule has 28 heavy (non-hydrogen) atoms. The maximum absolute atomic E-state index is 6.53. The van der Waals surface area contributed by atoms with Crippen LogP contribution in [-0.2, 0) is 19.7 Å². The van der Waals surface area contributed by atoms with E-state index in [4.69, 9.17) is 21.1 Å². The van der Waals surface area contributed by atoms with E-state index in [1.165, 1.54) is 5.56 Å². The second kappa shape index (κ2) is 10.1. The van der Waals surface area contributed by atoms with Crippen LogP contribution in [0.15, 0.2) is 60.9 Å². The first-order chi connectivity index (χ1) is 13.7. The molecule has 1 N–H and O–H groups in total. The van der Waals surface area contributed by atoms with E-state index in [1.54, 1.807) is 6.20 Å². The Morgan fingerprint density at radius 3 is 2.57 bits per heavy atom. The van der Waals surface area contributed by atoms with Gasteiger partial charge in [-0.05, 0) is 54.3 Å². The lowest BCUT2D eigenvalue weighted by atomic mass is 10.1. The smallest absolute Gasteiger partial charge is 0.180 e. The number of nitrogens with one attached hydrogen (secondary N) is 1. The molecule has 0 radical (unpaired) electrons. The summed E-state index contributed by atoms with van der Waals surface area (Å²) < 4.78 is 11.8. The van der Waals surface area contributed by atoms with Crippen LogP contribution >= 0.6 is 11.6 Å². The van der Waals surface area contributed by atoms with E-state index in [0.29, 0.717) is 36.3 Å². The third-order valence-electron chi connectivity index (χ3n) is 4.38. The number of rotatable bonds is 9. The standard InChI is InChI=1S/C23H25ClN2O2/c1-3-27-22-12-19(15-26-14-18-8-6-10-25-13-18)11-21(24)23(22)28-16-20-9-5-4-7-17(20)2/h4-13,26H,3,14-16H2,1-2H3. The van der Waals surface area contributed by atoms with Crippen LogP contribution in [0.1, 0.15) is 29.2 Å². The minimum Gasteiger partial charge on any atom is -0.490 e. The predicted octanol–water partition coefficient (Wildman–Crippen LogP) is 5.31. The molecule has 0 aliphatic rings. The number of halogens is 1. The van der Waals surface area contributed by atoms with Gasteiger partial charge in [0.1, 0.15) is 6.61 Å². The van der Waals surface area contributed by atoms with Crippen LogP contribution in [0.4, 0.5) is 0 Å². The third kappa shape index (κ3) is 5.47. The Kier molecular flexibility index (Phi) is 7.29. The van der Waals surface area contributed by atoms with E-state index in [-0.39, 0.29) is 0 Å². The molecule has 0 aliphatic heterocycles. The van der Waals surface area contributed by atoms with Gasteiger partial charge in [0, 0.05) is 25.5 Å². The Morgan fingerprint density at radius 1 is 1.00 bits per heavy atom. The van der Waals surface area contributed by atoms with Crippen molar-refractivity contribution in [2.24, 2.45) is 0 Å². The number of nitrogens with zero attached hydrogens (tertiary/aromatic N) is 1. The maximum Gasteiger partial charge on any atom is 0.180 e. The van der Waals surface area contributed by atoms with Crippen LogP contribution in [-0.4, -0.2) is 11.6 Å². The number of aromatic nitrogens is 1. The first kappa shape index (κ1) is 20.2. The number of benzene rings is 2. The molecule has 4 nitrogen and oxygen atoms in total. The van der Waals surface area contributed by atoms with Gasteiger partial charge in [0.15, 0.2) is 11.5 Å². The number of hydrogen-bond acceptors (Lipinski definition) is 4. The van der Waals surface area contributed by atoms with Gasteiger partial charge < -0.3 is 14.8 Å². The maximum atomic E-state index is 6.53. The van der Waals surface area contributed by atoms with Crippen molar-refractivity contribution in [2.45, 2.75) is 33.5 Å². The zero-order valence-corrected chi connectivity index (χ0v) is 17.0. The molecule has 0 unspecified atom stereocenters. The summed E-state index contributed by atoms with van der Waals surface area (Å²) in [5.74, 6) is 1.25. The molecule has 0 spiro atoms. The van der Waals surface area contributed by atoms with Crippen molar-refractivity contribution in [3.8, 4) is 11.5 Å². The van der Waals surface area contributed by atoms with Gasteiger partial charge in [-0.15, -0.1) is 0 Å². The number of hydrogen-bond donors (Lipinski definition) is 1. The number of pyridine rings is 1. The Hall–Kier alpha value is -2.56. The average Bonchev–Trinajstić information content (AvgIpc) is 2.70. The van der Waals surface area contributed by atoms with Gasteiger partial charge in [0.2, 0.25) is 0 Å². The van der Waals surface area contributed by atoms with E-state index in [2.05, 4.69) is 29.4 Å². The van der Waals surface area contributed by atoms with E-state index < -0.39 is 0 Å². The van der Waals surface area contributed by atoms with Gasteiger partial charge in [-0.25, -0.2) is 0 Å². The molecule has 3 rings (SSSR count). The van der Waals surface area contributed by atoms with Gasteiger partial charge in [0.25, 0.3) is 0 Å². The van der Waals surface area contributed by atoms with E-state index in [9.17, 15) is 0 Å². The molecule has 146 valence electrons. The van der Waals surface area contributed by atoms with Gasteiger partial charge in [-0.1, -0.05) is 41.9 Å². The van der Waals surface area contributed by atoms with Crippen molar-refractivity contribution in [1.82, 2.24) is 10.3 Å². The Bertz CT molecular complexity index is 900. The molecule has 1 heterocycles. The minimum absolute atomic E-state index is 0.449. The summed E-state index contributed by atoms with van der Waals surface area (Å²) in [5, 5.41) is 3.96. The van der Waals surface area contributed by atoms with E-state index in [0.717, 1.165) is 23.2 Å². The van der Waals surface area contributed by atoms with Gasteiger partial charge in [-0.2, -0.15) is 0 Å². The second-order valence-electron chi connectivity index (χ2n) is 6.52. The first-order valence-electron chi connectivity index (χ1n) is 9.39. The molecule has 0 saturated heterocycles. The van der Waals surface area contributed by atoms with Crippen molar-refractivity contribution >= 4 is 11.6 Å². The molecule has 5 heteroatoms. The fourth-order valence-corrected chi connectivity index (χ4v) is 3.19. The Balaban J connectivity index is 1.69. The zero-order chi connectivity index (χ0) is 19.8. The number of aryl methyl sites for hydroxylation is 1. The van der Waals surface area contributed by atoms with Crippen molar-refractivity contribution in [1.29, 1.82) is 0 Å². The first-order valence-corrected chi connectivity index (χ1v) is 9.77.